The van der Waals surface area contributed by atoms with Crippen molar-refractivity contribution in [3.63, 3.8) is 0 Å². The Labute approximate surface area is 139 Å². The monoisotopic (exact) mass is 325 g/mol. The van der Waals surface area contributed by atoms with E-state index in [1.807, 2.05) is 36.0 Å². The summed E-state index contributed by atoms with van der Waals surface area (Å²) in [6.45, 7) is 7.10. The highest BCUT2D eigenvalue weighted by Crippen LogP contribution is 2.23. The number of rotatable bonds is 12. The summed E-state index contributed by atoms with van der Waals surface area (Å²) in [4.78, 5) is 1.26. The lowest BCUT2D eigenvalue weighted by atomic mass is 10.1. The molecule has 21 heavy (non-hydrogen) atoms. The number of hydrogen-bond acceptors (Lipinski definition) is 2. The smallest absolute Gasteiger partial charge is 0.0417 e. The van der Waals surface area contributed by atoms with Gasteiger partial charge in [-0.05, 0) is 50.4 Å². The van der Waals surface area contributed by atoms with Crippen molar-refractivity contribution in [1.82, 2.24) is 5.32 Å². The third-order valence-corrected chi connectivity index (χ3v) is 4.78. The van der Waals surface area contributed by atoms with Crippen molar-refractivity contribution in [3.8, 4) is 0 Å². The predicted octanol–water partition coefficient (Wildman–Crippen LogP) is 5.94. The Balaban J connectivity index is 2.32. The van der Waals surface area contributed by atoms with E-state index in [-0.39, 0.29) is 0 Å². The second-order valence-corrected chi connectivity index (χ2v) is 6.88. The number of allylic oxidation sites excluding steroid dienone is 1. The molecule has 1 atom stereocenters. The minimum Gasteiger partial charge on any atom is -0.313 e. The summed E-state index contributed by atoms with van der Waals surface area (Å²) in [5.41, 5.74) is 0. The van der Waals surface area contributed by atoms with Gasteiger partial charge in [-0.25, -0.2) is 0 Å². The summed E-state index contributed by atoms with van der Waals surface area (Å²) in [6, 6.07) is 8.73. The standard InChI is InChI=1S/C18H28ClNS/c1-3-5-6-7-8-11-17(20-13-4-2)15-21-18-12-9-10-16(19)14-18/h3,9-10,12,14,17,20H,1,4-8,11,13,15H2,2H3. The molecule has 0 amide bonds. The van der Waals surface area contributed by atoms with Crippen LogP contribution in [-0.4, -0.2) is 18.3 Å². The lowest BCUT2D eigenvalue weighted by molar-refractivity contribution is 0.490. The van der Waals surface area contributed by atoms with Crippen molar-refractivity contribution in [2.24, 2.45) is 0 Å². The fourth-order valence-electron chi connectivity index (χ4n) is 2.20. The Morgan fingerprint density at radius 1 is 1.33 bits per heavy atom. The number of thioether (sulfide) groups is 1. The van der Waals surface area contributed by atoms with E-state index >= 15 is 0 Å². The third kappa shape index (κ3) is 9.23. The van der Waals surface area contributed by atoms with Crippen LogP contribution in [0.5, 0.6) is 0 Å². The van der Waals surface area contributed by atoms with Gasteiger partial charge >= 0.3 is 0 Å². The predicted molar refractivity (Wildman–Crippen MR) is 97.5 cm³/mol. The molecule has 1 aromatic rings. The van der Waals surface area contributed by atoms with Crippen molar-refractivity contribution >= 4 is 23.4 Å². The molecule has 0 radical (unpaired) electrons. The number of unbranched alkanes of at least 4 members (excludes halogenated alkanes) is 3. The van der Waals surface area contributed by atoms with Gasteiger partial charge in [-0.15, -0.1) is 18.3 Å². The fourth-order valence-corrected chi connectivity index (χ4v) is 3.52. The Kier molecular flexibility index (Phi) is 10.8. The molecule has 3 heteroatoms. The molecular formula is C18H28ClNS. The summed E-state index contributed by atoms with van der Waals surface area (Å²) in [7, 11) is 0. The van der Waals surface area contributed by atoms with Crippen LogP contribution in [-0.2, 0) is 0 Å². The minimum absolute atomic E-state index is 0.595. The normalized spacial score (nSPS) is 12.3. The molecule has 0 aromatic heterocycles. The summed E-state index contributed by atoms with van der Waals surface area (Å²) in [5, 5.41) is 4.49. The van der Waals surface area contributed by atoms with Gasteiger partial charge in [0.1, 0.15) is 0 Å². The largest absolute Gasteiger partial charge is 0.313 e. The van der Waals surface area contributed by atoms with Crippen molar-refractivity contribution in [2.45, 2.75) is 56.4 Å². The zero-order chi connectivity index (χ0) is 15.3. The van der Waals surface area contributed by atoms with E-state index in [1.165, 1.54) is 37.0 Å². The Morgan fingerprint density at radius 2 is 2.19 bits per heavy atom. The Morgan fingerprint density at radius 3 is 2.90 bits per heavy atom. The molecule has 0 aliphatic heterocycles. The number of nitrogens with one attached hydrogen (secondary N) is 1. The summed E-state index contributed by atoms with van der Waals surface area (Å²) in [5.74, 6) is 1.11. The first-order valence-corrected chi connectivity index (χ1v) is 9.35. The van der Waals surface area contributed by atoms with E-state index in [4.69, 9.17) is 11.6 Å². The summed E-state index contributed by atoms with van der Waals surface area (Å²) in [6.07, 6.45) is 9.47. The summed E-state index contributed by atoms with van der Waals surface area (Å²) < 4.78 is 0. The molecule has 0 spiro atoms. The van der Waals surface area contributed by atoms with Crippen molar-refractivity contribution in [3.05, 3.63) is 41.9 Å². The number of hydrogen-bond donors (Lipinski definition) is 1. The topological polar surface area (TPSA) is 12.0 Å². The second kappa shape index (κ2) is 12.1. The van der Waals surface area contributed by atoms with Crippen LogP contribution in [0.4, 0.5) is 0 Å². The molecule has 1 aromatic carbocycles. The van der Waals surface area contributed by atoms with Crippen LogP contribution in [0.15, 0.2) is 41.8 Å². The van der Waals surface area contributed by atoms with Crippen LogP contribution in [0.25, 0.3) is 0 Å². The zero-order valence-corrected chi connectivity index (χ0v) is 14.7. The van der Waals surface area contributed by atoms with Gasteiger partial charge in [-0.1, -0.05) is 43.5 Å². The average Bonchev–Trinajstić information content (AvgIpc) is 2.49. The van der Waals surface area contributed by atoms with E-state index in [0.717, 1.165) is 23.7 Å². The molecule has 0 aliphatic carbocycles. The van der Waals surface area contributed by atoms with Crippen molar-refractivity contribution < 1.29 is 0 Å². The van der Waals surface area contributed by atoms with E-state index < -0.39 is 0 Å². The maximum atomic E-state index is 6.04. The van der Waals surface area contributed by atoms with Crippen LogP contribution in [0.2, 0.25) is 5.02 Å². The van der Waals surface area contributed by atoms with E-state index in [1.54, 1.807) is 0 Å². The number of benzene rings is 1. The molecule has 0 aliphatic rings. The first kappa shape index (κ1) is 18.6. The van der Waals surface area contributed by atoms with Crippen molar-refractivity contribution in [2.75, 3.05) is 12.3 Å². The Hall–Kier alpha value is -0.440. The molecule has 1 unspecified atom stereocenters. The van der Waals surface area contributed by atoms with E-state index in [0.29, 0.717) is 6.04 Å². The van der Waals surface area contributed by atoms with Gasteiger partial charge in [0.05, 0.1) is 0 Å². The highest BCUT2D eigenvalue weighted by atomic mass is 35.5. The quantitative estimate of drug-likeness (QED) is 0.290. The first-order valence-electron chi connectivity index (χ1n) is 7.99. The van der Waals surface area contributed by atoms with Crippen LogP contribution in [0, 0.1) is 0 Å². The molecule has 1 nitrogen and oxygen atoms in total. The van der Waals surface area contributed by atoms with Crippen LogP contribution >= 0.6 is 23.4 Å². The lowest BCUT2D eigenvalue weighted by Crippen LogP contribution is -2.31. The van der Waals surface area contributed by atoms with E-state index in [9.17, 15) is 0 Å². The van der Waals surface area contributed by atoms with E-state index in [2.05, 4.69) is 24.9 Å². The molecule has 0 bridgehead atoms. The molecule has 1 rings (SSSR count). The molecular weight excluding hydrogens is 298 g/mol. The van der Waals surface area contributed by atoms with Gasteiger partial charge in [0.2, 0.25) is 0 Å². The highest BCUT2D eigenvalue weighted by Gasteiger charge is 2.08. The van der Waals surface area contributed by atoms with Gasteiger partial charge < -0.3 is 5.32 Å². The second-order valence-electron chi connectivity index (χ2n) is 5.35. The maximum Gasteiger partial charge on any atom is 0.0417 e. The van der Waals surface area contributed by atoms with Gasteiger partial charge in [-0.2, -0.15) is 0 Å². The van der Waals surface area contributed by atoms with Crippen LogP contribution < -0.4 is 5.32 Å². The van der Waals surface area contributed by atoms with Crippen molar-refractivity contribution in [1.29, 1.82) is 0 Å². The fraction of sp³-hybridized carbons (Fsp3) is 0.556. The van der Waals surface area contributed by atoms with Gasteiger partial charge in [0, 0.05) is 21.7 Å². The van der Waals surface area contributed by atoms with Gasteiger partial charge in [0.25, 0.3) is 0 Å². The van der Waals surface area contributed by atoms with Crippen LogP contribution in [0.3, 0.4) is 0 Å². The maximum absolute atomic E-state index is 6.04. The zero-order valence-electron chi connectivity index (χ0n) is 13.1. The lowest BCUT2D eigenvalue weighted by Gasteiger charge is -2.18. The molecule has 118 valence electrons. The Bertz CT molecular complexity index is 395. The third-order valence-electron chi connectivity index (χ3n) is 3.39. The molecule has 0 fully saturated rings. The first-order chi connectivity index (χ1) is 10.3. The highest BCUT2D eigenvalue weighted by molar-refractivity contribution is 7.99. The van der Waals surface area contributed by atoms with Gasteiger partial charge in [-0.3, -0.25) is 0 Å². The molecule has 0 heterocycles. The molecule has 0 saturated heterocycles. The SMILES string of the molecule is C=CCCCCCC(CSc1cccc(Cl)c1)NCCC. The average molecular weight is 326 g/mol. The minimum atomic E-state index is 0.595. The molecule has 1 N–H and O–H groups in total. The van der Waals surface area contributed by atoms with Crippen LogP contribution in [0.1, 0.15) is 45.4 Å². The number of halogens is 1. The molecule has 0 saturated carbocycles. The summed E-state index contributed by atoms with van der Waals surface area (Å²) >= 11 is 7.94. The van der Waals surface area contributed by atoms with Gasteiger partial charge in [0.15, 0.2) is 0 Å².